The molecule has 8 heteroatoms. The number of morpholine rings is 1. The molecule has 0 radical (unpaired) electrons. The Hall–Kier alpha value is -2.32. The van der Waals surface area contributed by atoms with Gasteiger partial charge in [0.25, 0.3) is 0 Å². The monoisotopic (exact) mass is 487 g/mol. The lowest BCUT2D eigenvalue weighted by Gasteiger charge is -2.43. The third-order valence-corrected chi connectivity index (χ3v) is 6.85. The summed E-state index contributed by atoms with van der Waals surface area (Å²) in [7, 11) is 2.08. The van der Waals surface area contributed by atoms with E-state index in [2.05, 4.69) is 16.8 Å². The summed E-state index contributed by atoms with van der Waals surface area (Å²) < 4.78 is 12.4. The van der Waals surface area contributed by atoms with Gasteiger partial charge in [-0.15, -0.1) is 0 Å². The van der Waals surface area contributed by atoms with Gasteiger partial charge in [-0.05, 0) is 44.3 Å². The molecule has 1 amide bonds. The number of aryl methyl sites for hydroxylation is 1. The average Bonchev–Trinajstić information content (AvgIpc) is 2.82. The molecule has 1 atom stereocenters. The van der Waals surface area contributed by atoms with Crippen LogP contribution in [0.25, 0.3) is 0 Å². The summed E-state index contributed by atoms with van der Waals surface area (Å²) in [6, 6.07) is 12.9. The van der Waals surface area contributed by atoms with Crippen LogP contribution in [-0.2, 0) is 16.1 Å². The van der Waals surface area contributed by atoms with Gasteiger partial charge in [-0.2, -0.15) is 0 Å². The van der Waals surface area contributed by atoms with Gasteiger partial charge in [0.1, 0.15) is 23.7 Å². The number of rotatable bonds is 7. The number of nitrogens with zero attached hydrogens (tertiary/aromatic N) is 3. The highest BCUT2D eigenvalue weighted by atomic mass is 35.5. The molecule has 2 saturated heterocycles. The van der Waals surface area contributed by atoms with Gasteiger partial charge in [0.2, 0.25) is 5.91 Å². The van der Waals surface area contributed by atoms with Gasteiger partial charge in [-0.1, -0.05) is 29.3 Å². The van der Waals surface area contributed by atoms with Crippen molar-refractivity contribution in [2.24, 2.45) is 0 Å². The molecule has 2 fully saturated rings. The topological polar surface area (TPSA) is 65.5 Å². The van der Waals surface area contributed by atoms with E-state index in [-0.39, 0.29) is 24.7 Å². The van der Waals surface area contributed by atoms with E-state index < -0.39 is 5.60 Å². The van der Waals surface area contributed by atoms with Gasteiger partial charge in [-0.25, -0.2) is 0 Å². The summed E-state index contributed by atoms with van der Waals surface area (Å²) >= 11 is 6.01. The molecule has 2 aromatic carbocycles. The van der Waals surface area contributed by atoms with Crippen molar-refractivity contribution >= 4 is 17.5 Å². The molecule has 2 heterocycles. The summed E-state index contributed by atoms with van der Waals surface area (Å²) in [6.45, 7) is 7.81. The predicted octanol–water partition coefficient (Wildman–Crippen LogP) is 3.17. The second-order valence-electron chi connectivity index (χ2n) is 9.48. The smallest absolute Gasteiger partial charge is 0.225 e. The van der Waals surface area contributed by atoms with E-state index in [0.717, 1.165) is 43.9 Å². The van der Waals surface area contributed by atoms with Crippen molar-refractivity contribution in [1.82, 2.24) is 14.7 Å². The van der Waals surface area contributed by atoms with Crippen LogP contribution >= 0.6 is 11.6 Å². The number of ether oxygens (including phenoxy) is 2. The molecule has 2 aliphatic heterocycles. The predicted molar refractivity (Wildman–Crippen MR) is 132 cm³/mol. The summed E-state index contributed by atoms with van der Waals surface area (Å²) in [5.74, 6) is 1.06. The van der Waals surface area contributed by atoms with Gasteiger partial charge >= 0.3 is 0 Å². The van der Waals surface area contributed by atoms with E-state index in [9.17, 15) is 9.90 Å². The molecule has 1 N–H and O–H groups in total. The number of halogens is 1. The molecule has 1 unspecified atom stereocenters. The molecule has 184 valence electrons. The van der Waals surface area contributed by atoms with Crippen LogP contribution in [0.3, 0.4) is 0 Å². The molecule has 0 saturated carbocycles. The number of phenolic OH excluding ortho intramolecular Hbond substituents is 1. The number of hydrogen-bond donors (Lipinski definition) is 1. The van der Waals surface area contributed by atoms with Crippen LogP contribution in [0.2, 0.25) is 5.02 Å². The fourth-order valence-corrected chi connectivity index (χ4v) is 4.70. The first-order valence-corrected chi connectivity index (χ1v) is 12.2. The zero-order valence-corrected chi connectivity index (χ0v) is 20.8. The van der Waals surface area contributed by atoms with Gasteiger partial charge in [-0.3, -0.25) is 9.69 Å². The molecule has 34 heavy (non-hydrogen) atoms. The Morgan fingerprint density at radius 3 is 2.59 bits per heavy atom. The molecule has 0 spiro atoms. The summed E-state index contributed by atoms with van der Waals surface area (Å²) in [4.78, 5) is 19.7. The highest BCUT2D eigenvalue weighted by molar-refractivity contribution is 6.30. The normalized spacial score (nSPS) is 22.0. The van der Waals surface area contributed by atoms with Crippen LogP contribution in [-0.4, -0.2) is 90.8 Å². The van der Waals surface area contributed by atoms with Crippen LogP contribution in [0.1, 0.15) is 17.5 Å². The summed E-state index contributed by atoms with van der Waals surface area (Å²) in [6.07, 6.45) is 0.251. The fraction of sp³-hybridized carbons (Fsp3) is 0.500. The minimum atomic E-state index is -0.780. The van der Waals surface area contributed by atoms with E-state index in [4.69, 9.17) is 21.1 Å². The Balaban J connectivity index is 1.50. The van der Waals surface area contributed by atoms with Crippen molar-refractivity contribution < 1.29 is 19.4 Å². The third-order valence-electron chi connectivity index (χ3n) is 6.60. The maximum Gasteiger partial charge on any atom is 0.225 e. The molecular formula is C26H34ClN3O4. The van der Waals surface area contributed by atoms with Gasteiger partial charge in [0.05, 0.1) is 13.0 Å². The van der Waals surface area contributed by atoms with Crippen molar-refractivity contribution in [1.29, 1.82) is 0 Å². The number of phenols is 1. The average molecular weight is 488 g/mol. The first-order valence-electron chi connectivity index (χ1n) is 11.8. The molecular weight excluding hydrogens is 454 g/mol. The van der Waals surface area contributed by atoms with E-state index in [0.29, 0.717) is 30.5 Å². The van der Waals surface area contributed by atoms with E-state index in [1.165, 1.54) is 0 Å². The lowest BCUT2D eigenvalue weighted by Crippen LogP contribution is -2.58. The van der Waals surface area contributed by atoms with Crippen molar-refractivity contribution in [3.8, 4) is 11.5 Å². The molecule has 0 aromatic heterocycles. The second-order valence-corrected chi connectivity index (χ2v) is 9.91. The standard InChI is InChI=1S/C26H34ClN3O4/c1-20-3-8-24(31)21(15-20)17-29-13-14-34-26(18-29,19-33-23-6-4-22(27)5-7-23)16-25(32)30-11-9-28(2)10-12-30/h3-8,15,31H,9-14,16-19H2,1-2H3. The second kappa shape index (κ2) is 11.0. The van der Waals surface area contributed by atoms with Gasteiger partial charge < -0.3 is 24.4 Å². The third kappa shape index (κ3) is 6.42. The zero-order chi connectivity index (χ0) is 24.1. The lowest BCUT2D eigenvalue weighted by molar-refractivity contribution is -0.158. The minimum Gasteiger partial charge on any atom is -0.508 e. The fourth-order valence-electron chi connectivity index (χ4n) is 4.57. The maximum atomic E-state index is 13.3. The number of benzene rings is 2. The van der Waals surface area contributed by atoms with Crippen LogP contribution in [0.4, 0.5) is 0 Å². The molecule has 2 aliphatic rings. The van der Waals surface area contributed by atoms with Crippen molar-refractivity contribution in [2.45, 2.75) is 25.5 Å². The van der Waals surface area contributed by atoms with Crippen molar-refractivity contribution in [3.63, 3.8) is 0 Å². The van der Waals surface area contributed by atoms with E-state index in [1.807, 2.05) is 36.1 Å². The number of piperazine rings is 1. The highest BCUT2D eigenvalue weighted by Gasteiger charge is 2.41. The number of carbonyl (C=O) groups is 1. The van der Waals surface area contributed by atoms with Crippen molar-refractivity contribution in [2.75, 3.05) is 59.5 Å². The Bertz CT molecular complexity index is 979. The Morgan fingerprint density at radius 2 is 1.85 bits per heavy atom. The number of likely N-dealkylation sites (N-methyl/N-ethyl adjacent to an activating group) is 1. The quantitative estimate of drug-likeness (QED) is 0.647. The molecule has 7 nitrogen and oxygen atoms in total. The van der Waals surface area contributed by atoms with E-state index in [1.54, 1.807) is 18.2 Å². The van der Waals surface area contributed by atoms with Crippen LogP contribution in [0.5, 0.6) is 11.5 Å². The van der Waals surface area contributed by atoms with Crippen LogP contribution < -0.4 is 4.74 Å². The Morgan fingerprint density at radius 1 is 1.12 bits per heavy atom. The SMILES string of the molecule is Cc1ccc(O)c(CN2CCOC(COc3ccc(Cl)cc3)(CC(=O)N3CCN(C)CC3)C2)c1. The largest absolute Gasteiger partial charge is 0.508 e. The molecule has 4 rings (SSSR count). The van der Waals surface area contributed by atoms with Crippen LogP contribution in [0, 0.1) is 6.92 Å². The number of carbonyl (C=O) groups excluding carboxylic acids is 1. The first kappa shape index (κ1) is 24.8. The molecule has 2 aromatic rings. The maximum absolute atomic E-state index is 13.3. The molecule has 0 aliphatic carbocycles. The highest BCUT2D eigenvalue weighted by Crippen LogP contribution is 2.28. The minimum absolute atomic E-state index is 0.0908. The van der Waals surface area contributed by atoms with Gasteiger partial charge in [0, 0.05) is 56.4 Å². The number of amides is 1. The Kier molecular flexibility index (Phi) is 7.99. The zero-order valence-electron chi connectivity index (χ0n) is 20.0. The van der Waals surface area contributed by atoms with Crippen molar-refractivity contribution in [3.05, 3.63) is 58.6 Å². The lowest BCUT2D eigenvalue weighted by atomic mass is 9.96. The summed E-state index contributed by atoms with van der Waals surface area (Å²) in [5.41, 5.74) is 1.20. The van der Waals surface area contributed by atoms with E-state index >= 15 is 0 Å². The number of aromatic hydroxyl groups is 1. The first-order chi connectivity index (χ1) is 16.3. The number of hydrogen-bond acceptors (Lipinski definition) is 6. The summed E-state index contributed by atoms with van der Waals surface area (Å²) in [5, 5.41) is 11.0. The molecule has 0 bridgehead atoms. The van der Waals surface area contributed by atoms with Gasteiger partial charge in [0.15, 0.2) is 0 Å². The Labute approximate surface area is 206 Å². The van der Waals surface area contributed by atoms with Crippen LogP contribution in [0.15, 0.2) is 42.5 Å².